The molecule has 0 saturated heterocycles. The summed E-state index contributed by atoms with van der Waals surface area (Å²) in [6, 6.07) is 19.0. The topological polar surface area (TPSA) is 172 Å². The lowest BCUT2D eigenvalue weighted by molar-refractivity contribution is -0.157. The van der Waals surface area contributed by atoms with Crippen LogP contribution in [0.4, 0.5) is 5.69 Å². The summed E-state index contributed by atoms with van der Waals surface area (Å²) in [6.45, 7) is 6.50. The summed E-state index contributed by atoms with van der Waals surface area (Å²) < 4.78 is 21.4. The van der Waals surface area contributed by atoms with Gasteiger partial charge in [0.2, 0.25) is 0 Å². The van der Waals surface area contributed by atoms with E-state index in [0.29, 0.717) is 12.2 Å². The van der Waals surface area contributed by atoms with Crippen molar-refractivity contribution in [3.8, 4) is 5.75 Å². The van der Waals surface area contributed by atoms with Crippen molar-refractivity contribution in [3.05, 3.63) is 95.1 Å². The fourth-order valence-electron chi connectivity index (χ4n) is 5.58. The molecule has 0 aliphatic carbocycles. The second-order valence-corrected chi connectivity index (χ2v) is 12.9. The molecule has 0 heterocycles. The number of anilines is 1. The molecule has 0 aromatic heterocycles. The number of nitrogens with one attached hydrogen (secondary N) is 1. The third-order valence-corrected chi connectivity index (χ3v) is 8.55. The molecule has 12 nitrogen and oxygen atoms in total. The number of rotatable bonds is 19. The van der Waals surface area contributed by atoms with Gasteiger partial charge in [-0.2, -0.15) is 0 Å². The molecule has 1 amide bonds. The van der Waals surface area contributed by atoms with Crippen LogP contribution in [0.15, 0.2) is 72.8 Å². The fraction of sp³-hybridized carbons (Fsp3) is 0.400. The standard InChI is InChI=1S/C40H47NO11/c1-6-8-13-26-18-20-29(21-19-26)52-37(46)28(24-27(7-2)36(45)49-5)25-40(3,4)39(48)51-23-22-50-38(47)31-15-10-9-14-30(31)34(42)41-33-17-12-11-16-32(33)35(43)44/h9-12,14-21,27-28H,6-8,13,22-25H2,1-5H3,(H,41,42)(H,43,44). The van der Waals surface area contributed by atoms with Crippen LogP contribution >= 0.6 is 0 Å². The number of aromatic carboxylic acids is 1. The molecule has 0 aliphatic heterocycles. The molecule has 3 rings (SSSR count). The smallest absolute Gasteiger partial charge is 0.339 e. The number of esters is 4. The van der Waals surface area contributed by atoms with Crippen molar-refractivity contribution in [1.82, 2.24) is 0 Å². The zero-order chi connectivity index (χ0) is 38.3. The van der Waals surface area contributed by atoms with Gasteiger partial charge in [0.25, 0.3) is 5.91 Å². The first kappa shape index (κ1) is 40.9. The Morgan fingerprint density at radius 2 is 1.38 bits per heavy atom. The number of aryl methyl sites for hydroxylation is 1. The van der Waals surface area contributed by atoms with Crippen LogP contribution in [0.3, 0.4) is 0 Å². The number of carbonyl (C=O) groups excluding carboxylic acids is 5. The molecule has 0 saturated carbocycles. The van der Waals surface area contributed by atoms with Crippen molar-refractivity contribution in [1.29, 1.82) is 0 Å². The summed E-state index contributed by atoms with van der Waals surface area (Å²) in [5.74, 6) is -5.62. The summed E-state index contributed by atoms with van der Waals surface area (Å²) >= 11 is 0. The molecule has 0 aliphatic rings. The minimum absolute atomic E-state index is 0.0000259. The van der Waals surface area contributed by atoms with Gasteiger partial charge in [0, 0.05) is 0 Å². The van der Waals surface area contributed by atoms with Crippen LogP contribution in [0.2, 0.25) is 0 Å². The van der Waals surface area contributed by atoms with Crippen molar-refractivity contribution in [2.24, 2.45) is 17.3 Å². The lowest BCUT2D eigenvalue weighted by Crippen LogP contribution is -2.35. The van der Waals surface area contributed by atoms with E-state index in [-0.39, 0.29) is 48.4 Å². The SMILES string of the molecule is CCCCc1ccc(OC(=O)C(CC(CC)C(=O)OC)CC(C)(C)C(=O)OCCOC(=O)c2ccccc2C(=O)Nc2ccccc2C(=O)O)cc1. The number of carbonyl (C=O) groups is 6. The third kappa shape index (κ3) is 11.8. The van der Waals surface area contributed by atoms with Crippen LogP contribution in [-0.4, -0.2) is 61.2 Å². The van der Waals surface area contributed by atoms with Gasteiger partial charge in [-0.25, -0.2) is 9.59 Å². The number of hydrogen-bond acceptors (Lipinski definition) is 10. The Balaban J connectivity index is 1.63. The van der Waals surface area contributed by atoms with Gasteiger partial charge in [-0.15, -0.1) is 0 Å². The van der Waals surface area contributed by atoms with Gasteiger partial charge in [-0.1, -0.05) is 56.7 Å². The summed E-state index contributed by atoms with van der Waals surface area (Å²) in [7, 11) is 1.28. The average molecular weight is 718 g/mol. The molecule has 0 bridgehead atoms. The Hall–Kier alpha value is -5.52. The predicted molar refractivity (Wildman–Crippen MR) is 192 cm³/mol. The Kier molecular flexibility index (Phi) is 15.5. The second kappa shape index (κ2) is 19.8. The van der Waals surface area contributed by atoms with Crippen LogP contribution < -0.4 is 10.1 Å². The zero-order valence-corrected chi connectivity index (χ0v) is 30.3. The number of amides is 1. The Bertz CT molecular complexity index is 1710. The number of carboxylic acids is 1. The minimum Gasteiger partial charge on any atom is -0.478 e. The third-order valence-electron chi connectivity index (χ3n) is 8.55. The van der Waals surface area contributed by atoms with E-state index in [4.69, 9.17) is 18.9 Å². The highest BCUT2D eigenvalue weighted by Gasteiger charge is 2.38. The predicted octanol–water partition coefficient (Wildman–Crippen LogP) is 6.91. The van der Waals surface area contributed by atoms with Gasteiger partial charge in [0.1, 0.15) is 19.0 Å². The molecule has 52 heavy (non-hydrogen) atoms. The number of unbranched alkanes of at least 4 members (excludes halogenated alkanes) is 1. The monoisotopic (exact) mass is 717 g/mol. The van der Waals surface area contributed by atoms with E-state index in [1.165, 1.54) is 43.5 Å². The van der Waals surface area contributed by atoms with Gasteiger partial charge in [0.15, 0.2) is 0 Å². The zero-order valence-electron chi connectivity index (χ0n) is 30.3. The second-order valence-electron chi connectivity index (χ2n) is 12.9. The molecule has 12 heteroatoms. The molecule has 2 N–H and O–H groups in total. The Morgan fingerprint density at radius 1 is 0.769 bits per heavy atom. The number of benzene rings is 3. The lowest BCUT2D eigenvalue weighted by atomic mass is 9.78. The fourth-order valence-corrected chi connectivity index (χ4v) is 5.58. The van der Waals surface area contributed by atoms with E-state index in [1.807, 2.05) is 19.1 Å². The van der Waals surface area contributed by atoms with Crippen molar-refractivity contribution in [2.45, 2.75) is 66.2 Å². The Labute approximate surface area is 303 Å². The highest BCUT2D eigenvalue weighted by molar-refractivity contribution is 6.12. The highest BCUT2D eigenvalue weighted by Crippen LogP contribution is 2.33. The van der Waals surface area contributed by atoms with E-state index in [2.05, 4.69) is 12.2 Å². The maximum atomic E-state index is 13.5. The van der Waals surface area contributed by atoms with Crippen molar-refractivity contribution in [3.63, 3.8) is 0 Å². The first-order valence-corrected chi connectivity index (χ1v) is 17.3. The Morgan fingerprint density at radius 3 is 2.00 bits per heavy atom. The lowest BCUT2D eigenvalue weighted by Gasteiger charge is -2.28. The van der Waals surface area contributed by atoms with Gasteiger partial charge >= 0.3 is 29.8 Å². The van der Waals surface area contributed by atoms with Crippen molar-refractivity contribution in [2.75, 3.05) is 25.6 Å². The number of ether oxygens (including phenoxy) is 4. The normalized spacial score (nSPS) is 12.2. The summed E-state index contributed by atoms with van der Waals surface area (Å²) in [6.07, 6.45) is 3.53. The highest BCUT2D eigenvalue weighted by atomic mass is 16.6. The number of para-hydroxylation sites is 1. The molecular weight excluding hydrogens is 670 g/mol. The molecule has 0 fully saturated rings. The molecular formula is C40H47NO11. The molecule has 2 unspecified atom stereocenters. The molecule has 2 atom stereocenters. The summed E-state index contributed by atoms with van der Waals surface area (Å²) in [4.78, 5) is 76.7. The summed E-state index contributed by atoms with van der Waals surface area (Å²) in [5.41, 5.74) is -0.271. The molecule has 278 valence electrons. The van der Waals surface area contributed by atoms with Crippen LogP contribution in [0.5, 0.6) is 5.75 Å². The molecule has 0 spiro atoms. The van der Waals surface area contributed by atoms with E-state index in [0.717, 1.165) is 24.8 Å². The molecule has 3 aromatic rings. The average Bonchev–Trinajstić information content (AvgIpc) is 3.14. The van der Waals surface area contributed by atoms with Crippen LogP contribution in [0.25, 0.3) is 0 Å². The number of methoxy groups -OCH3 is 1. The van der Waals surface area contributed by atoms with E-state index in [9.17, 15) is 33.9 Å². The minimum atomic E-state index is -1.23. The van der Waals surface area contributed by atoms with Crippen LogP contribution in [0.1, 0.15) is 96.4 Å². The van der Waals surface area contributed by atoms with E-state index < -0.39 is 53.0 Å². The van der Waals surface area contributed by atoms with Crippen molar-refractivity contribution >= 4 is 41.4 Å². The maximum absolute atomic E-state index is 13.5. The molecule has 0 radical (unpaired) electrons. The summed E-state index contributed by atoms with van der Waals surface area (Å²) in [5, 5.41) is 11.9. The van der Waals surface area contributed by atoms with Gasteiger partial charge in [-0.05, 0) is 87.9 Å². The van der Waals surface area contributed by atoms with E-state index >= 15 is 0 Å². The maximum Gasteiger partial charge on any atom is 0.339 e. The van der Waals surface area contributed by atoms with Crippen molar-refractivity contribution < 1.29 is 52.8 Å². The van der Waals surface area contributed by atoms with Crippen LogP contribution in [0, 0.1) is 17.3 Å². The van der Waals surface area contributed by atoms with Gasteiger partial charge in [0.05, 0.1) is 46.7 Å². The molecule has 3 aromatic carbocycles. The van der Waals surface area contributed by atoms with E-state index in [1.54, 1.807) is 38.1 Å². The first-order valence-electron chi connectivity index (χ1n) is 17.3. The first-order chi connectivity index (χ1) is 24.8. The van der Waals surface area contributed by atoms with Crippen LogP contribution in [-0.2, 0) is 35.0 Å². The van der Waals surface area contributed by atoms with Gasteiger partial charge < -0.3 is 29.4 Å². The quantitative estimate of drug-likeness (QED) is 0.0572. The van der Waals surface area contributed by atoms with Gasteiger partial charge in [-0.3, -0.25) is 19.2 Å². The number of carboxylic acid groups (broad SMARTS) is 1. The number of hydrogen-bond donors (Lipinski definition) is 2. The largest absolute Gasteiger partial charge is 0.478 e.